The zero-order chi connectivity index (χ0) is 15.4. The number of rotatable bonds is 5. The van der Waals surface area contributed by atoms with Gasteiger partial charge in [-0.3, -0.25) is 0 Å². The van der Waals surface area contributed by atoms with E-state index in [0.717, 1.165) is 21.2 Å². The van der Waals surface area contributed by atoms with Crippen LogP contribution in [-0.2, 0) is 6.54 Å². The fraction of sp³-hybridized carbons (Fsp3) is 0.294. The second-order valence-electron chi connectivity index (χ2n) is 4.99. The normalized spacial score (nSPS) is 10.5. The number of anilines is 1. The minimum Gasteiger partial charge on any atom is -0.492 e. The van der Waals surface area contributed by atoms with Crippen LogP contribution in [0.25, 0.3) is 0 Å². The number of hydrogen-bond acceptors (Lipinski definition) is 2. The zero-order valence-electron chi connectivity index (χ0n) is 12.5. The van der Waals surface area contributed by atoms with Gasteiger partial charge in [0.1, 0.15) is 5.75 Å². The van der Waals surface area contributed by atoms with Crippen LogP contribution in [0, 0.1) is 13.8 Å². The average molecular weight is 413 g/mol. The molecule has 0 aliphatic carbocycles. The first kappa shape index (κ1) is 16.4. The van der Waals surface area contributed by atoms with E-state index in [1.807, 2.05) is 6.92 Å². The van der Waals surface area contributed by atoms with Gasteiger partial charge < -0.3 is 10.1 Å². The highest BCUT2D eigenvalue weighted by Crippen LogP contribution is 2.35. The largest absolute Gasteiger partial charge is 0.492 e. The predicted molar refractivity (Wildman–Crippen MR) is 96.3 cm³/mol. The number of halogens is 2. The molecule has 0 saturated carbocycles. The summed E-state index contributed by atoms with van der Waals surface area (Å²) in [5, 5.41) is 3.49. The highest BCUT2D eigenvalue weighted by molar-refractivity contribution is 9.11. The smallest absolute Gasteiger partial charge is 0.147 e. The third-order valence-electron chi connectivity index (χ3n) is 3.22. The third-order valence-corrected chi connectivity index (χ3v) is 4.40. The standard InChI is InChI=1S/C17H19Br2NO/c1-4-21-17-14(18)8-13(9-15(17)19)10-20-16-7-11(2)5-6-12(16)3/h5-9,20H,4,10H2,1-3H3. The molecule has 21 heavy (non-hydrogen) atoms. The zero-order valence-corrected chi connectivity index (χ0v) is 15.6. The van der Waals surface area contributed by atoms with E-state index in [4.69, 9.17) is 4.74 Å². The van der Waals surface area contributed by atoms with E-state index in [0.29, 0.717) is 6.61 Å². The topological polar surface area (TPSA) is 21.3 Å². The lowest BCUT2D eigenvalue weighted by molar-refractivity contribution is 0.336. The summed E-state index contributed by atoms with van der Waals surface area (Å²) in [6, 6.07) is 10.6. The second-order valence-corrected chi connectivity index (χ2v) is 6.70. The Morgan fingerprint density at radius 1 is 1.05 bits per heavy atom. The molecule has 0 fully saturated rings. The molecule has 2 rings (SSSR count). The number of nitrogens with one attached hydrogen (secondary N) is 1. The highest BCUT2D eigenvalue weighted by Gasteiger charge is 2.09. The maximum atomic E-state index is 5.61. The minimum atomic E-state index is 0.650. The first-order valence-electron chi connectivity index (χ1n) is 6.93. The molecule has 0 aliphatic rings. The van der Waals surface area contributed by atoms with Crippen LogP contribution in [0.3, 0.4) is 0 Å². The first-order chi connectivity index (χ1) is 10.0. The van der Waals surface area contributed by atoms with Crippen LogP contribution in [0.1, 0.15) is 23.6 Å². The van der Waals surface area contributed by atoms with Crippen molar-refractivity contribution in [2.45, 2.75) is 27.3 Å². The Bertz CT molecular complexity index is 618. The summed E-state index contributed by atoms with van der Waals surface area (Å²) in [5.74, 6) is 0.855. The predicted octanol–water partition coefficient (Wildman–Crippen LogP) is 5.84. The van der Waals surface area contributed by atoms with E-state index in [-0.39, 0.29) is 0 Å². The van der Waals surface area contributed by atoms with Gasteiger partial charge in [0, 0.05) is 12.2 Å². The van der Waals surface area contributed by atoms with Crippen LogP contribution in [0.4, 0.5) is 5.69 Å². The molecule has 2 nitrogen and oxygen atoms in total. The Hall–Kier alpha value is -1.00. The monoisotopic (exact) mass is 411 g/mol. The van der Waals surface area contributed by atoms with E-state index in [9.17, 15) is 0 Å². The van der Waals surface area contributed by atoms with Gasteiger partial charge >= 0.3 is 0 Å². The van der Waals surface area contributed by atoms with Crippen LogP contribution in [-0.4, -0.2) is 6.61 Å². The van der Waals surface area contributed by atoms with Crippen LogP contribution in [0.2, 0.25) is 0 Å². The summed E-state index contributed by atoms with van der Waals surface area (Å²) >= 11 is 7.14. The first-order valence-corrected chi connectivity index (χ1v) is 8.51. The van der Waals surface area contributed by atoms with Gasteiger partial charge in [0.2, 0.25) is 0 Å². The number of ether oxygens (including phenoxy) is 1. The van der Waals surface area contributed by atoms with Crippen molar-refractivity contribution in [2.75, 3.05) is 11.9 Å². The van der Waals surface area contributed by atoms with Crippen LogP contribution >= 0.6 is 31.9 Å². The lowest BCUT2D eigenvalue weighted by atomic mass is 10.1. The quantitative estimate of drug-likeness (QED) is 0.665. The SMILES string of the molecule is CCOc1c(Br)cc(CNc2cc(C)ccc2C)cc1Br. The number of hydrogen-bond donors (Lipinski definition) is 1. The summed E-state index contributed by atoms with van der Waals surface area (Å²) in [7, 11) is 0. The van der Waals surface area contributed by atoms with Gasteiger partial charge in [0.05, 0.1) is 15.6 Å². The lowest BCUT2D eigenvalue weighted by Gasteiger charge is -2.13. The lowest BCUT2D eigenvalue weighted by Crippen LogP contribution is -2.02. The summed E-state index contributed by atoms with van der Waals surface area (Å²) in [5.41, 5.74) is 4.89. The highest BCUT2D eigenvalue weighted by atomic mass is 79.9. The number of benzene rings is 2. The van der Waals surface area contributed by atoms with Crippen LogP contribution < -0.4 is 10.1 Å². The van der Waals surface area contributed by atoms with Gasteiger partial charge in [-0.05, 0) is 87.5 Å². The molecule has 0 bridgehead atoms. The van der Waals surface area contributed by atoms with Crippen molar-refractivity contribution in [3.05, 3.63) is 56.0 Å². The van der Waals surface area contributed by atoms with Gasteiger partial charge in [0.15, 0.2) is 0 Å². The van der Waals surface area contributed by atoms with Crippen molar-refractivity contribution in [1.82, 2.24) is 0 Å². The Balaban J connectivity index is 2.15. The summed E-state index contributed by atoms with van der Waals surface area (Å²) in [6.45, 7) is 7.63. The number of aryl methyl sites for hydroxylation is 2. The maximum absolute atomic E-state index is 5.61. The van der Waals surface area contributed by atoms with Crippen molar-refractivity contribution in [2.24, 2.45) is 0 Å². The second kappa shape index (κ2) is 7.32. The fourth-order valence-electron chi connectivity index (χ4n) is 2.12. The third kappa shape index (κ3) is 4.24. The maximum Gasteiger partial charge on any atom is 0.147 e. The Morgan fingerprint density at radius 3 is 2.33 bits per heavy atom. The Labute approximate surface area is 143 Å². The van der Waals surface area contributed by atoms with Crippen molar-refractivity contribution >= 4 is 37.5 Å². The van der Waals surface area contributed by atoms with Gasteiger partial charge in [-0.25, -0.2) is 0 Å². The van der Waals surface area contributed by atoms with Gasteiger partial charge in [-0.1, -0.05) is 12.1 Å². The van der Waals surface area contributed by atoms with E-state index in [1.54, 1.807) is 0 Å². The van der Waals surface area contributed by atoms with Gasteiger partial charge in [-0.15, -0.1) is 0 Å². The molecule has 1 N–H and O–H groups in total. The van der Waals surface area contributed by atoms with E-state index < -0.39 is 0 Å². The van der Waals surface area contributed by atoms with E-state index >= 15 is 0 Å². The van der Waals surface area contributed by atoms with Crippen molar-refractivity contribution in [3.8, 4) is 5.75 Å². The molecule has 0 aromatic heterocycles. The van der Waals surface area contributed by atoms with Crippen LogP contribution in [0.15, 0.2) is 39.3 Å². The Kier molecular flexibility index (Phi) is 5.71. The van der Waals surface area contributed by atoms with Crippen LogP contribution in [0.5, 0.6) is 5.75 Å². The van der Waals surface area contributed by atoms with E-state index in [2.05, 4.69) is 81.4 Å². The molecule has 0 amide bonds. The van der Waals surface area contributed by atoms with Crippen molar-refractivity contribution in [1.29, 1.82) is 0 Å². The molecule has 4 heteroatoms. The van der Waals surface area contributed by atoms with E-state index in [1.165, 1.54) is 22.4 Å². The summed E-state index contributed by atoms with van der Waals surface area (Å²) < 4.78 is 7.54. The molecule has 2 aromatic rings. The molecule has 0 spiro atoms. The summed E-state index contributed by atoms with van der Waals surface area (Å²) in [6.07, 6.45) is 0. The van der Waals surface area contributed by atoms with Gasteiger partial charge in [-0.2, -0.15) is 0 Å². The molecule has 2 aromatic carbocycles. The molecule has 0 radical (unpaired) electrons. The molecule has 112 valence electrons. The minimum absolute atomic E-state index is 0.650. The van der Waals surface area contributed by atoms with Gasteiger partial charge in [0.25, 0.3) is 0 Å². The molecule has 0 unspecified atom stereocenters. The fourth-order valence-corrected chi connectivity index (χ4v) is 3.63. The molecule has 0 atom stereocenters. The molecule has 0 aliphatic heterocycles. The average Bonchev–Trinajstić information content (AvgIpc) is 2.44. The van der Waals surface area contributed by atoms with Crippen molar-refractivity contribution in [3.63, 3.8) is 0 Å². The summed E-state index contributed by atoms with van der Waals surface area (Å²) in [4.78, 5) is 0. The molecule has 0 saturated heterocycles. The molecule has 0 heterocycles. The molecular formula is C17H19Br2NO. The van der Waals surface area contributed by atoms with Crippen molar-refractivity contribution < 1.29 is 4.74 Å². The Morgan fingerprint density at radius 2 is 1.71 bits per heavy atom. The molecular weight excluding hydrogens is 394 g/mol.